The molecule has 1 aliphatic carbocycles. The van der Waals surface area contributed by atoms with E-state index in [1.165, 1.54) is 32.1 Å². The van der Waals surface area contributed by atoms with Crippen LogP contribution in [0.2, 0.25) is 5.02 Å². The molecule has 2 N–H and O–H groups in total. The molecule has 0 atom stereocenters. The number of nitrogens with zero attached hydrogens (tertiary/aromatic N) is 2. The van der Waals surface area contributed by atoms with E-state index in [0.29, 0.717) is 6.04 Å². The van der Waals surface area contributed by atoms with Crippen LogP contribution < -0.4 is 10.6 Å². The lowest BCUT2D eigenvalue weighted by Gasteiger charge is -2.23. The molecule has 1 heterocycles. The van der Waals surface area contributed by atoms with Crippen LogP contribution in [0.5, 0.6) is 0 Å². The van der Waals surface area contributed by atoms with Crippen molar-refractivity contribution in [1.29, 1.82) is 0 Å². The molecule has 1 aromatic carbocycles. The van der Waals surface area contributed by atoms with E-state index in [1.807, 2.05) is 37.3 Å². The molecule has 3 rings (SSSR count). The molecule has 1 fully saturated rings. The SMILES string of the molecule is Cc1nc(Nc2ccc(Cl)cc2)cc(NC2CCCCC2)n1. The van der Waals surface area contributed by atoms with E-state index in [4.69, 9.17) is 11.6 Å². The van der Waals surface area contributed by atoms with Crippen LogP contribution in [0.1, 0.15) is 37.9 Å². The van der Waals surface area contributed by atoms with E-state index in [-0.39, 0.29) is 0 Å². The Morgan fingerprint density at radius 2 is 1.68 bits per heavy atom. The molecule has 0 saturated heterocycles. The first kappa shape index (κ1) is 15.1. The zero-order valence-corrected chi connectivity index (χ0v) is 13.5. The number of halogens is 1. The number of rotatable bonds is 4. The van der Waals surface area contributed by atoms with E-state index >= 15 is 0 Å². The molecule has 0 aliphatic heterocycles. The van der Waals surface area contributed by atoms with Crippen LogP contribution in [-0.2, 0) is 0 Å². The van der Waals surface area contributed by atoms with Crippen molar-refractivity contribution >= 4 is 28.9 Å². The molecule has 2 aromatic rings. The number of benzene rings is 1. The molecule has 5 heteroatoms. The van der Waals surface area contributed by atoms with Crippen LogP contribution >= 0.6 is 11.6 Å². The van der Waals surface area contributed by atoms with Crippen molar-refractivity contribution in [2.75, 3.05) is 10.6 Å². The number of aryl methyl sites for hydroxylation is 1. The Kier molecular flexibility index (Phi) is 4.78. The fraction of sp³-hybridized carbons (Fsp3) is 0.412. The Morgan fingerprint density at radius 1 is 1.00 bits per heavy atom. The summed E-state index contributed by atoms with van der Waals surface area (Å²) >= 11 is 5.91. The molecule has 0 radical (unpaired) electrons. The molecule has 1 aliphatic rings. The third-order valence-electron chi connectivity index (χ3n) is 3.91. The van der Waals surface area contributed by atoms with Gasteiger partial charge in [-0.1, -0.05) is 30.9 Å². The molecular formula is C17H21ClN4. The minimum atomic E-state index is 0.534. The summed E-state index contributed by atoms with van der Waals surface area (Å²) in [5.74, 6) is 2.46. The average Bonchev–Trinajstić information content (AvgIpc) is 2.50. The summed E-state index contributed by atoms with van der Waals surface area (Å²) in [6.07, 6.45) is 6.41. The van der Waals surface area contributed by atoms with Gasteiger partial charge >= 0.3 is 0 Å². The number of aromatic nitrogens is 2. The van der Waals surface area contributed by atoms with Gasteiger partial charge in [0.15, 0.2) is 0 Å². The van der Waals surface area contributed by atoms with Crippen molar-refractivity contribution in [3.8, 4) is 0 Å². The largest absolute Gasteiger partial charge is 0.367 e. The lowest BCUT2D eigenvalue weighted by atomic mass is 9.95. The van der Waals surface area contributed by atoms with Crippen molar-refractivity contribution in [3.05, 3.63) is 41.2 Å². The average molecular weight is 317 g/mol. The van der Waals surface area contributed by atoms with Gasteiger partial charge in [-0.2, -0.15) is 0 Å². The molecule has 0 spiro atoms. The summed E-state index contributed by atoms with van der Waals surface area (Å²) in [6.45, 7) is 1.92. The molecule has 1 saturated carbocycles. The van der Waals surface area contributed by atoms with E-state index in [2.05, 4.69) is 20.6 Å². The van der Waals surface area contributed by atoms with Gasteiger partial charge in [0, 0.05) is 22.8 Å². The highest BCUT2D eigenvalue weighted by Crippen LogP contribution is 2.23. The summed E-state index contributed by atoms with van der Waals surface area (Å²) in [5.41, 5.74) is 0.964. The Bertz CT molecular complexity index is 621. The van der Waals surface area contributed by atoms with Crippen LogP contribution in [0.25, 0.3) is 0 Å². The van der Waals surface area contributed by atoms with Crippen LogP contribution in [0.15, 0.2) is 30.3 Å². The van der Waals surface area contributed by atoms with Crippen molar-refractivity contribution in [1.82, 2.24) is 9.97 Å². The quantitative estimate of drug-likeness (QED) is 0.840. The van der Waals surface area contributed by atoms with Crippen LogP contribution in [-0.4, -0.2) is 16.0 Å². The smallest absolute Gasteiger partial charge is 0.136 e. The maximum atomic E-state index is 5.91. The maximum Gasteiger partial charge on any atom is 0.136 e. The molecule has 4 nitrogen and oxygen atoms in total. The zero-order valence-electron chi connectivity index (χ0n) is 12.8. The lowest BCUT2D eigenvalue weighted by molar-refractivity contribution is 0.462. The summed E-state index contributed by atoms with van der Waals surface area (Å²) in [5, 5.41) is 7.57. The van der Waals surface area contributed by atoms with E-state index in [1.54, 1.807) is 0 Å². The molecule has 0 unspecified atom stereocenters. The predicted octanol–water partition coefficient (Wildman–Crippen LogP) is 4.93. The van der Waals surface area contributed by atoms with Gasteiger partial charge < -0.3 is 10.6 Å². The topological polar surface area (TPSA) is 49.8 Å². The Hall–Kier alpha value is -1.81. The first-order valence-electron chi connectivity index (χ1n) is 7.84. The number of hydrogen-bond donors (Lipinski definition) is 2. The number of nitrogens with one attached hydrogen (secondary N) is 2. The highest BCUT2D eigenvalue weighted by Gasteiger charge is 2.14. The van der Waals surface area contributed by atoms with Gasteiger partial charge in [0.25, 0.3) is 0 Å². The van der Waals surface area contributed by atoms with Gasteiger partial charge in [0.05, 0.1) is 0 Å². The first-order chi connectivity index (χ1) is 10.7. The summed E-state index contributed by atoms with van der Waals surface area (Å²) < 4.78 is 0. The molecule has 22 heavy (non-hydrogen) atoms. The highest BCUT2D eigenvalue weighted by atomic mass is 35.5. The normalized spacial score (nSPS) is 15.5. The third-order valence-corrected chi connectivity index (χ3v) is 4.16. The summed E-state index contributed by atoms with van der Waals surface area (Å²) in [7, 11) is 0. The second kappa shape index (κ2) is 6.97. The fourth-order valence-corrected chi connectivity index (χ4v) is 2.97. The van der Waals surface area contributed by atoms with Gasteiger partial charge in [-0.3, -0.25) is 0 Å². The van der Waals surface area contributed by atoms with Gasteiger partial charge in [0.2, 0.25) is 0 Å². The standard InChI is InChI=1S/C17H21ClN4/c1-12-19-16(21-14-5-3-2-4-6-14)11-17(20-12)22-15-9-7-13(18)8-10-15/h7-11,14H,2-6H2,1H3,(H2,19,20,21,22). The number of hydrogen-bond acceptors (Lipinski definition) is 4. The monoisotopic (exact) mass is 316 g/mol. The van der Waals surface area contributed by atoms with Gasteiger partial charge in [-0.15, -0.1) is 0 Å². The second-order valence-electron chi connectivity index (χ2n) is 5.80. The Morgan fingerprint density at radius 3 is 2.41 bits per heavy atom. The van der Waals surface area contributed by atoms with Crippen LogP contribution in [0, 0.1) is 6.92 Å². The molecule has 0 bridgehead atoms. The summed E-state index contributed by atoms with van der Waals surface area (Å²) in [6, 6.07) is 10.1. The lowest BCUT2D eigenvalue weighted by Crippen LogP contribution is -2.23. The predicted molar refractivity (Wildman–Crippen MR) is 92.0 cm³/mol. The zero-order chi connectivity index (χ0) is 15.4. The van der Waals surface area contributed by atoms with Crippen molar-refractivity contribution in [2.24, 2.45) is 0 Å². The van der Waals surface area contributed by atoms with Crippen molar-refractivity contribution in [3.63, 3.8) is 0 Å². The fourth-order valence-electron chi connectivity index (χ4n) is 2.84. The third kappa shape index (κ3) is 4.10. The van der Waals surface area contributed by atoms with Crippen LogP contribution in [0.3, 0.4) is 0 Å². The Balaban J connectivity index is 1.72. The van der Waals surface area contributed by atoms with Gasteiger partial charge in [-0.25, -0.2) is 9.97 Å². The minimum Gasteiger partial charge on any atom is -0.367 e. The Labute approximate surface area is 136 Å². The minimum absolute atomic E-state index is 0.534. The van der Waals surface area contributed by atoms with E-state index in [9.17, 15) is 0 Å². The highest BCUT2D eigenvalue weighted by molar-refractivity contribution is 6.30. The first-order valence-corrected chi connectivity index (χ1v) is 8.22. The molecule has 1 aromatic heterocycles. The molecular weight excluding hydrogens is 296 g/mol. The molecule has 116 valence electrons. The van der Waals surface area contributed by atoms with Crippen molar-refractivity contribution in [2.45, 2.75) is 45.1 Å². The van der Waals surface area contributed by atoms with E-state index in [0.717, 1.165) is 28.2 Å². The van der Waals surface area contributed by atoms with Crippen molar-refractivity contribution < 1.29 is 0 Å². The van der Waals surface area contributed by atoms with E-state index < -0.39 is 0 Å². The van der Waals surface area contributed by atoms with Gasteiger partial charge in [0.1, 0.15) is 17.5 Å². The number of anilines is 3. The van der Waals surface area contributed by atoms with Crippen LogP contribution in [0.4, 0.5) is 17.3 Å². The second-order valence-corrected chi connectivity index (χ2v) is 6.23. The molecule has 0 amide bonds. The maximum absolute atomic E-state index is 5.91. The van der Waals surface area contributed by atoms with Gasteiger partial charge in [-0.05, 0) is 44.0 Å². The summed E-state index contributed by atoms with van der Waals surface area (Å²) in [4.78, 5) is 8.95.